The van der Waals surface area contributed by atoms with Gasteiger partial charge in [0.25, 0.3) is 0 Å². The van der Waals surface area contributed by atoms with Crippen LogP contribution in [0.4, 0.5) is 4.39 Å². The lowest BCUT2D eigenvalue weighted by Crippen LogP contribution is -2.26. The first-order valence-corrected chi connectivity index (χ1v) is 6.97. The number of hydrogen-bond acceptors (Lipinski definition) is 4. The number of benzene rings is 1. The van der Waals surface area contributed by atoms with Gasteiger partial charge in [-0.3, -0.25) is 4.79 Å². The number of ether oxygens (including phenoxy) is 1. The van der Waals surface area contributed by atoms with E-state index in [0.29, 0.717) is 31.1 Å². The Morgan fingerprint density at radius 1 is 1.32 bits per heavy atom. The van der Waals surface area contributed by atoms with E-state index in [-0.39, 0.29) is 11.7 Å². The largest absolute Gasteiger partial charge is 0.439 e. The molecule has 5 nitrogen and oxygen atoms in total. The normalized spacial score (nSPS) is 10.3. The van der Waals surface area contributed by atoms with Crippen LogP contribution in [0.1, 0.15) is 12.0 Å². The molecule has 1 aromatic carbocycles. The highest BCUT2D eigenvalue weighted by atomic mass is 19.1. The van der Waals surface area contributed by atoms with E-state index >= 15 is 0 Å². The number of nitrogens with one attached hydrogen (secondary N) is 2. The van der Waals surface area contributed by atoms with Crippen LogP contribution >= 0.6 is 0 Å². The number of pyridine rings is 1. The van der Waals surface area contributed by atoms with E-state index in [1.54, 1.807) is 37.5 Å². The lowest BCUT2D eigenvalue weighted by molar-refractivity contribution is -0.121. The molecule has 0 aliphatic heterocycles. The molecule has 0 unspecified atom stereocenters. The third-order valence-electron chi connectivity index (χ3n) is 2.94. The first-order chi connectivity index (χ1) is 10.7. The van der Waals surface area contributed by atoms with Crippen LogP contribution in [0.3, 0.4) is 0 Å². The fourth-order valence-corrected chi connectivity index (χ4v) is 1.81. The van der Waals surface area contributed by atoms with Crippen molar-refractivity contribution in [2.75, 3.05) is 13.6 Å². The number of carbonyl (C=O) groups is 1. The Hall–Kier alpha value is -2.47. The summed E-state index contributed by atoms with van der Waals surface area (Å²) in [5, 5.41) is 5.71. The van der Waals surface area contributed by atoms with Gasteiger partial charge in [-0.2, -0.15) is 0 Å². The summed E-state index contributed by atoms with van der Waals surface area (Å²) >= 11 is 0. The fourth-order valence-electron chi connectivity index (χ4n) is 1.81. The van der Waals surface area contributed by atoms with Crippen molar-refractivity contribution < 1.29 is 13.9 Å². The third kappa shape index (κ3) is 4.82. The molecule has 1 heterocycles. The Balaban J connectivity index is 2.02. The minimum absolute atomic E-state index is 0.0603. The number of halogens is 1. The molecule has 116 valence electrons. The second kappa shape index (κ2) is 8.09. The Kier molecular flexibility index (Phi) is 5.85. The summed E-state index contributed by atoms with van der Waals surface area (Å²) < 4.78 is 18.8. The van der Waals surface area contributed by atoms with E-state index in [9.17, 15) is 9.18 Å². The summed E-state index contributed by atoms with van der Waals surface area (Å²) in [6.07, 6.45) is 1.98. The summed E-state index contributed by atoms with van der Waals surface area (Å²) in [5.41, 5.74) is 0.726. The molecule has 2 rings (SSSR count). The first kappa shape index (κ1) is 15.9. The molecule has 2 N–H and O–H groups in total. The number of amides is 1. The molecule has 0 saturated heterocycles. The molecule has 0 spiro atoms. The Labute approximate surface area is 128 Å². The first-order valence-electron chi connectivity index (χ1n) is 6.97. The van der Waals surface area contributed by atoms with Crippen molar-refractivity contribution >= 4 is 5.91 Å². The van der Waals surface area contributed by atoms with Gasteiger partial charge in [0.05, 0.1) is 0 Å². The van der Waals surface area contributed by atoms with Crippen LogP contribution in [0.2, 0.25) is 0 Å². The molecular weight excluding hydrogens is 285 g/mol. The molecule has 0 aliphatic rings. The number of rotatable bonds is 7. The Morgan fingerprint density at radius 3 is 2.95 bits per heavy atom. The maximum Gasteiger partial charge on any atom is 0.224 e. The number of nitrogens with zero attached hydrogens (tertiary/aromatic N) is 1. The quantitative estimate of drug-likeness (QED) is 0.823. The molecule has 2 aromatic rings. The topological polar surface area (TPSA) is 63.2 Å². The molecular formula is C16H18FN3O2. The highest BCUT2D eigenvalue weighted by Gasteiger charge is 2.08. The zero-order chi connectivity index (χ0) is 15.8. The predicted molar refractivity (Wildman–Crippen MR) is 81.1 cm³/mol. The van der Waals surface area contributed by atoms with E-state index in [2.05, 4.69) is 15.6 Å². The maximum absolute atomic E-state index is 13.2. The highest BCUT2D eigenvalue weighted by molar-refractivity contribution is 5.76. The van der Waals surface area contributed by atoms with E-state index in [4.69, 9.17) is 4.74 Å². The van der Waals surface area contributed by atoms with Gasteiger partial charge in [-0.1, -0.05) is 12.1 Å². The van der Waals surface area contributed by atoms with Gasteiger partial charge in [-0.05, 0) is 25.2 Å². The summed E-state index contributed by atoms with van der Waals surface area (Å²) in [4.78, 5) is 15.8. The van der Waals surface area contributed by atoms with Crippen LogP contribution in [-0.4, -0.2) is 24.5 Å². The van der Waals surface area contributed by atoms with Crippen LogP contribution < -0.4 is 15.4 Å². The SMILES string of the molecule is CNCCC(=O)NCc1cccnc1Oc1cccc(F)c1. The van der Waals surface area contributed by atoms with Crippen molar-refractivity contribution in [1.82, 2.24) is 15.6 Å². The molecule has 0 bridgehead atoms. The van der Waals surface area contributed by atoms with Crippen LogP contribution in [0.5, 0.6) is 11.6 Å². The van der Waals surface area contributed by atoms with E-state index in [1.165, 1.54) is 12.1 Å². The average molecular weight is 303 g/mol. The molecule has 6 heteroatoms. The van der Waals surface area contributed by atoms with Gasteiger partial charge >= 0.3 is 0 Å². The molecule has 1 amide bonds. The molecule has 0 radical (unpaired) electrons. The fraction of sp³-hybridized carbons (Fsp3) is 0.250. The highest BCUT2D eigenvalue weighted by Crippen LogP contribution is 2.23. The summed E-state index contributed by atoms with van der Waals surface area (Å²) in [5.74, 6) is 0.272. The minimum atomic E-state index is -0.379. The standard InChI is InChI=1S/C16H18FN3O2/c1-18-9-7-15(21)20-11-12-4-3-8-19-16(12)22-14-6-2-5-13(17)10-14/h2-6,8,10,18H,7,9,11H2,1H3,(H,20,21). The van der Waals surface area contributed by atoms with Gasteiger partial charge in [0.1, 0.15) is 11.6 Å². The van der Waals surface area contributed by atoms with E-state index in [1.807, 2.05) is 0 Å². The predicted octanol–water partition coefficient (Wildman–Crippen LogP) is 2.24. The summed E-state index contributed by atoms with van der Waals surface area (Å²) in [6, 6.07) is 9.39. The van der Waals surface area contributed by atoms with E-state index in [0.717, 1.165) is 5.56 Å². The van der Waals surface area contributed by atoms with Crippen molar-refractivity contribution in [3.63, 3.8) is 0 Å². The van der Waals surface area contributed by atoms with Gasteiger partial charge in [-0.15, -0.1) is 0 Å². The number of aromatic nitrogens is 1. The van der Waals surface area contributed by atoms with E-state index < -0.39 is 0 Å². The van der Waals surface area contributed by atoms with Crippen LogP contribution in [0.25, 0.3) is 0 Å². The minimum Gasteiger partial charge on any atom is -0.439 e. The second-order valence-electron chi connectivity index (χ2n) is 4.66. The summed E-state index contributed by atoms with van der Waals surface area (Å²) in [6.45, 7) is 0.923. The van der Waals surface area contributed by atoms with Crippen molar-refractivity contribution in [1.29, 1.82) is 0 Å². The smallest absolute Gasteiger partial charge is 0.224 e. The zero-order valence-electron chi connectivity index (χ0n) is 12.3. The summed E-state index contributed by atoms with van der Waals surface area (Å²) in [7, 11) is 1.79. The molecule has 0 fully saturated rings. The van der Waals surface area contributed by atoms with Crippen LogP contribution in [0.15, 0.2) is 42.6 Å². The molecule has 1 aromatic heterocycles. The van der Waals surface area contributed by atoms with Gasteiger partial charge in [0.15, 0.2) is 0 Å². The second-order valence-corrected chi connectivity index (χ2v) is 4.66. The van der Waals surface area contributed by atoms with Crippen LogP contribution in [-0.2, 0) is 11.3 Å². The van der Waals surface area contributed by atoms with Gasteiger partial charge in [0, 0.05) is 37.3 Å². The van der Waals surface area contributed by atoms with Crippen molar-refractivity contribution in [2.45, 2.75) is 13.0 Å². The third-order valence-corrected chi connectivity index (χ3v) is 2.94. The lowest BCUT2D eigenvalue weighted by atomic mass is 10.2. The van der Waals surface area contributed by atoms with Crippen molar-refractivity contribution in [3.05, 3.63) is 54.0 Å². The van der Waals surface area contributed by atoms with Crippen LogP contribution in [0, 0.1) is 5.82 Å². The number of carbonyl (C=O) groups excluding carboxylic acids is 1. The van der Waals surface area contributed by atoms with Gasteiger partial charge in [0.2, 0.25) is 11.8 Å². The Bertz CT molecular complexity index is 634. The average Bonchev–Trinajstić information content (AvgIpc) is 2.52. The van der Waals surface area contributed by atoms with Crippen molar-refractivity contribution in [2.24, 2.45) is 0 Å². The monoisotopic (exact) mass is 303 g/mol. The molecule has 0 atom stereocenters. The van der Waals surface area contributed by atoms with Gasteiger partial charge < -0.3 is 15.4 Å². The molecule has 0 aliphatic carbocycles. The van der Waals surface area contributed by atoms with Crippen molar-refractivity contribution in [3.8, 4) is 11.6 Å². The molecule has 0 saturated carbocycles. The lowest BCUT2D eigenvalue weighted by Gasteiger charge is -2.11. The van der Waals surface area contributed by atoms with Gasteiger partial charge in [-0.25, -0.2) is 9.37 Å². The molecule has 22 heavy (non-hydrogen) atoms. The Morgan fingerprint density at radius 2 is 2.18 bits per heavy atom. The number of hydrogen-bond donors (Lipinski definition) is 2. The maximum atomic E-state index is 13.2. The zero-order valence-corrected chi connectivity index (χ0v) is 12.3.